The highest BCUT2D eigenvalue weighted by Gasteiger charge is 2.42. The molecule has 2 aliphatic rings. The van der Waals surface area contributed by atoms with Gasteiger partial charge in [0.15, 0.2) is 0 Å². The summed E-state index contributed by atoms with van der Waals surface area (Å²) in [5.74, 6) is 2.78. The van der Waals surface area contributed by atoms with Crippen LogP contribution in [-0.2, 0) is 4.74 Å². The molecule has 0 N–H and O–H groups in total. The molecule has 0 radical (unpaired) electrons. The van der Waals surface area contributed by atoms with Crippen LogP contribution < -0.4 is 0 Å². The summed E-state index contributed by atoms with van der Waals surface area (Å²) in [5.41, 5.74) is 1.52. The Kier molecular flexibility index (Phi) is 3.01. The summed E-state index contributed by atoms with van der Waals surface area (Å²) in [7, 11) is 0. The van der Waals surface area contributed by atoms with E-state index < -0.39 is 0 Å². The number of ether oxygens (including phenoxy) is 1. The van der Waals surface area contributed by atoms with Crippen molar-refractivity contribution in [1.82, 2.24) is 0 Å². The average molecular weight is 206 g/mol. The summed E-state index contributed by atoms with van der Waals surface area (Å²) in [4.78, 5) is 0. The highest BCUT2D eigenvalue weighted by Crippen LogP contribution is 2.44. The van der Waals surface area contributed by atoms with Crippen molar-refractivity contribution in [2.75, 3.05) is 6.61 Å². The van der Waals surface area contributed by atoms with Crippen molar-refractivity contribution >= 4 is 0 Å². The molecule has 1 aliphatic carbocycles. The summed E-state index contributed by atoms with van der Waals surface area (Å²) in [6.07, 6.45) is 7.09. The Morgan fingerprint density at radius 3 is 2.80 bits per heavy atom. The predicted octanol–water partition coefficient (Wildman–Crippen LogP) is 3.43. The molecule has 0 amide bonds. The van der Waals surface area contributed by atoms with Crippen LogP contribution in [0.15, 0.2) is 23.8 Å². The molecule has 1 heterocycles. The minimum Gasteiger partial charge on any atom is -0.373 e. The minimum atomic E-state index is 0.310. The average Bonchev–Trinajstić information content (AvgIpc) is 2.15. The van der Waals surface area contributed by atoms with Gasteiger partial charge in [-0.25, -0.2) is 0 Å². The summed E-state index contributed by atoms with van der Waals surface area (Å²) in [6.45, 7) is 9.98. The van der Waals surface area contributed by atoms with Gasteiger partial charge in [-0.1, -0.05) is 37.6 Å². The van der Waals surface area contributed by atoms with E-state index in [1.807, 2.05) is 0 Å². The van der Waals surface area contributed by atoms with Gasteiger partial charge in [0.25, 0.3) is 0 Å². The first kappa shape index (κ1) is 10.9. The fraction of sp³-hybridized carbons (Fsp3) is 0.714. The Morgan fingerprint density at radius 1 is 1.40 bits per heavy atom. The Morgan fingerprint density at radius 2 is 2.13 bits per heavy atom. The van der Waals surface area contributed by atoms with Gasteiger partial charge in [-0.05, 0) is 31.6 Å². The predicted molar refractivity (Wildman–Crippen MR) is 63.6 cm³/mol. The van der Waals surface area contributed by atoms with E-state index in [0.29, 0.717) is 17.9 Å². The summed E-state index contributed by atoms with van der Waals surface area (Å²) >= 11 is 0. The van der Waals surface area contributed by atoms with E-state index in [9.17, 15) is 0 Å². The number of fused-ring (bicyclic) bond motifs is 2. The van der Waals surface area contributed by atoms with Crippen LogP contribution in [-0.4, -0.2) is 12.7 Å². The third-order valence-corrected chi connectivity index (χ3v) is 4.19. The molecule has 1 fully saturated rings. The van der Waals surface area contributed by atoms with Crippen molar-refractivity contribution in [2.24, 2.45) is 23.7 Å². The first-order valence-corrected chi connectivity index (χ1v) is 6.08. The summed E-state index contributed by atoms with van der Waals surface area (Å²) in [6, 6.07) is 0. The second-order valence-corrected chi connectivity index (χ2v) is 5.14. The van der Waals surface area contributed by atoms with E-state index in [1.54, 1.807) is 0 Å². The van der Waals surface area contributed by atoms with Gasteiger partial charge in [-0.15, -0.1) is 0 Å². The van der Waals surface area contributed by atoms with Crippen molar-refractivity contribution < 1.29 is 4.74 Å². The third kappa shape index (κ3) is 1.78. The lowest BCUT2D eigenvalue weighted by Crippen LogP contribution is -2.45. The molecule has 0 aromatic heterocycles. The maximum absolute atomic E-state index is 5.97. The van der Waals surface area contributed by atoms with Crippen molar-refractivity contribution in [1.29, 1.82) is 0 Å². The topological polar surface area (TPSA) is 9.23 Å². The van der Waals surface area contributed by atoms with Crippen LogP contribution in [0.1, 0.15) is 27.7 Å². The molecule has 15 heavy (non-hydrogen) atoms. The van der Waals surface area contributed by atoms with E-state index in [1.165, 1.54) is 5.57 Å². The molecule has 2 rings (SSSR count). The second-order valence-electron chi connectivity index (χ2n) is 5.14. The molecule has 0 saturated carbocycles. The fourth-order valence-corrected chi connectivity index (χ4v) is 3.36. The highest BCUT2D eigenvalue weighted by molar-refractivity contribution is 5.19. The fourth-order valence-electron chi connectivity index (χ4n) is 3.36. The molecule has 3 unspecified atom stereocenters. The Balaban J connectivity index is 2.29. The standard InChI is InChI=1S/C14H22O/c1-5-6-13-14-10(3)7-9(2)12(8-15-13)11(14)4/h5-7,9,11-14H,8H2,1-4H3/b6-5+/t9?,11?,12-,13?,14+/m0/s1. The molecule has 2 bridgehead atoms. The maximum atomic E-state index is 5.97. The lowest BCUT2D eigenvalue weighted by Gasteiger charge is -2.46. The monoisotopic (exact) mass is 206 g/mol. The molecular formula is C14H22O. The number of rotatable bonds is 1. The molecule has 0 aromatic carbocycles. The molecular weight excluding hydrogens is 184 g/mol. The largest absolute Gasteiger partial charge is 0.373 e. The maximum Gasteiger partial charge on any atom is 0.0823 e. The zero-order chi connectivity index (χ0) is 11.0. The van der Waals surface area contributed by atoms with Crippen LogP contribution in [0.2, 0.25) is 0 Å². The Bertz CT molecular complexity index is 290. The molecule has 5 atom stereocenters. The minimum absolute atomic E-state index is 0.310. The molecule has 1 nitrogen and oxygen atoms in total. The van der Waals surface area contributed by atoms with E-state index in [0.717, 1.165) is 18.4 Å². The van der Waals surface area contributed by atoms with Gasteiger partial charge in [0.1, 0.15) is 0 Å². The molecule has 1 heteroatoms. The Labute approximate surface area is 93.2 Å². The van der Waals surface area contributed by atoms with Crippen molar-refractivity contribution in [3.63, 3.8) is 0 Å². The molecule has 0 aromatic rings. The normalized spacial score (nSPS) is 45.6. The van der Waals surface area contributed by atoms with Crippen molar-refractivity contribution in [2.45, 2.75) is 33.8 Å². The van der Waals surface area contributed by atoms with Gasteiger partial charge >= 0.3 is 0 Å². The molecule has 0 spiro atoms. The summed E-state index contributed by atoms with van der Waals surface area (Å²) < 4.78 is 5.97. The lowest BCUT2D eigenvalue weighted by molar-refractivity contribution is -0.0687. The zero-order valence-corrected chi connectivity index (χ0v) is 10.2. The molecule has 1 aliphatic heterocycles. The second kappa shape index (κ2) is 4.13. The zero-order valence-electron chi connectivity index (χ0n) is 10.2. The SMILES string of the molecule is C/C=C/C1OC[C@H]2C(C)C=C(C)[C@@H]1C2C. The van der Waals surface area contributed by atoms with Gasteiger partial charge < -0.3 is 4.74 Å². The first-order chi connectivity index (χ1) is 7.15. The van der Waals surface area contributed by atoms with Crippen molar-refractivity contribution in [3.8, 4) is 0 Å². The van der Waals surface area contributed by atoms with Crippen LogP contribution in [0.25, 0.3) is 0 Å². The number of allylic oxidation sites excluding steroid dienone is 2. The molecule has 1 saturated heterocycles. The van der Waals surface area contributed by atoms with E-state index in [2.05, 4.69) is 45.9 Å². The van der Waals surface area contributed by atoms with Gasteiger partial charge in [0.2, 0.25) is 0 Å². The van der Waals surface area contributed by atoms with Gasteiger partial charge in [0.05, 0.1) is 12.7 Å². The van der Waals surface area contributed by atoms with Crippen LogP contribution in [0.5, 0.6) is 0 Å². The van der Waals surface area contributed by atoms with Crippen LogP contribution >= 0.6 is 0 Å². The van der Waals surface area contributed by atoms with E-state index in [-0.39, 0.29) is 0 Å². The molecule has 84 valence electrons. The smallest absolute Gasteiger partial charge is 0.0823 e. The Hall–Kier alpha value is -0.560. The highest BCUT2D eigenvalue weighted by atomic mass is 16.5. The van der Waals surface area contributed by atoms with E-state index in [4.69, 9.17) is 4.74 Å². The van der Waals surface area contributed by atoms with E-state index >= 15 is 0 Å². The third-order valence-electron chi connectivity index (χ3n) is 4.19. The summed E-state index contributed by atoms with van der Waals surface area (Å²) in [5, 5.41) is 0. The van der Waals surface area contributed by atoms with Crippen LogP contribution in [0, 0.1) is 23.7 Å². The van der Waals surface area contributed by atoms with Gasteiger partial charge in [-0.3, -0.25) is 0 Å². The van der Waals surface area contributed by atoms with Crippen molar-refractivity contribution in [3.05, 3.63) is 23.8 Å². The van der Waals surface area contributed by atoms with Gasteiger partial charge in [-0.2, -0.15) is 0 Å². The first-order valence-electron chi connectivity index (χ1n) is 6.08. The van der Waals surface area contributed by atoms with Crippen LogP contribution in [0.3, 0.4) is 0 Å². The van der Waals surface area contributed by atoms with Crippen LogP contribution in [0.4, 0.5) is 0 Å². The van der Waals surface area contributed by atoms with Gasteiger partial charge in [0, 0.05) is 5.92 Å². The number of hydrogen-bond acceptors (Lipinski definition) is 1. The quantitative estimate of drug-likeness (QED) is 0.597. The lowest BCUT2D eigenvalue weighted by atomic mass is 9.65. The number of hydrogen-bond donors (Lipinski definition) is 0.